The molecule has 63 heavy (non-hydrogen) atoms. The number of aryl methyl sites for hydroxylation is 3. The van der Waals surface area contributed by atoms with Gasteiger partial charge in [-0.25, -0.2) is 0 Å². The van der Waals surface area contributed by atoms with E-state index in [-0.39, 0.29) is 67.1 Å². The average molecular weight is 952 g/mol. The van der Waals surface area contributed by atoms with Crippen LogP contribution in [0.1, 0.15) is 16.7 Å². The number of fused-ring (bicyclic) bond motifs is 1. The predicted octanol–water partition coefficient (Wildman–Crippen LogP) is 9.94. The van der Waals surface area contributed by atoms with Crippen molar-refractivity contribution < 1.29 is 31.0 Å². The molecule has 26 heteroatoms. The maximum absolute atomic E-state index is 12.7. The Balaban J connectivity index is 1.24. The number of aromatic hydroxyl groups is 1. The highest BCUT2D eigenvalue weighted by Crippen LogP contribution is 2.47. The van der Waals surface area contributed by atoms with Crippen molar-refractivity contribution in [2.24, 2.45) is 20.5 Å². The summed E-state index contributed by atoms with van der Waals surface area (Å²) in [6.07, 6.45) is 0. The molecule has 0 aliphatic heterocycles. The van der Waals surface area contributed by atoms with E-state index in [1.807, 2.05) is 31.2 Å². The number of hydrogen-bond donors (Lipinski definition) is 7. The van der Waals surface area contributed by atoms with Crippen molar-refractivity contribution in [3.63, 3.8) is 0 Å². The molecule has 0 radical (unpaired) electrons. The summed E-state index contributed by atoms with van der Waals surface area (Å²) in [5.41, 5.74) is 8.19. The molecule has 5 aromatic carbocycles. The molecule has 7 aromatic rings. The lowest BCUT2D eigenvalue weighted by Crippen LogP contribution is -2.04. The number of halogens is 3. The van der Waals surface area contributed by atoms with E-state index in [4.69, 9.17) is 40.5 Å². The van der Waals surface area contributed by atoms with Gasteiger partial charge in [0.25, 0.3) is 20.2 Å². The first-order chi connectivity index (χ1) is 29.7. The molecule has 8 N–H and O–H groups in total. The monoisotopic (exact) mass is 950 g/mol. The Hall–Kier alpha value is -6.73. The lowest BCUT2D eigenvalue weighted by molar-refractivity contribution is 0.480. The van der Waals surface area contributed by atoms with E-state index in [1.165, 1.54) is 25.1 Å². The third kappa shape index (κ3) is 10.3. The quantitative estimate of drug-likeness (QED) is 0.0340. The largest absolute Gasteiger partial charge is 0.505 e. The zero-order chi connectivity index (χ0) is 45.4. The van der Waals surface area contributed by atoms with Gasteiger partial charge in [-0.15, -0.1) is 15.3 Å². The number of benzene rings is 5. The first-order valence-electron chi connectivity index (χ1n) is 17.7. The van der Waals surface area contributed by atoms with Crippen LogP contribution >= 0.6 is 34.8 Å². The van der Waals surface area contributed by atoms with Gasteiger partial charge in [0, 0.05) is 17.1 Å². The highest BCUT2D eigenvalue weighted by Gasteiger charge is 2.25. The molecule has 7 rings (SSSR count). The Bertz CT molecular complexity index is 3270. The number of anilines is 7. The van der Waals surface area contributed by atoms with Crippen LogP contribution in [0.2, 0.25) is 15.9 Å². The van der Waals surface area contributed by atoms with Gasteiger partial charge in [-0.05, 0) is 132 Å². The van der Waals surface area contributed by atoms with Crippen molar-refractivity contribution in [3.8, 4) is 5.75 Å². The van der Waals surface area contributed by atoms with Gasteiger partial charge in [0.05, 0.1) is 16.8 Å². The van der Waals surface area contributed by atoms with Crippen molar-refractivity contribution in [1.29, 1.82) is 0 Å². The van der Waals surface area contributed by atoms with Crippen molar-refractivity contribution in [1.82, 2.24) is 29.9 Å². The van der Waals surface area contributed by atoms with E-state index < -0.39 is 52.8 Å². The molecule has 2 heterocycles. The molecule has 0 fully saturated rings. The molecule has 0 saturated carbocycles. The van der Waals surface area contributed by atoms with E-state index in [0.717, 1.165) is 23.4 Å². The number of phenols is 1. The molecule has 0 aliphatic rings. The molecule has 0 unspecified atom stereocenters. The summed E-state index contributed by atoms with van der Waals surface area (Å²) in [6.45, 7) is 5.12. The van der Waals surface area contributed by atoms with Gasteiger partial charge in [0.2, 0.25) is 33.7 Å². The number of nitrogens with one attached hydrogen (secondary N) is 3. The summed E-state index contributed by atoms with van der Waals surface area (Å²) in [5, 5.41) is 36.2. The number of rotatable bonds is 12. The van der Waals surface area contributed by atoms with Crippen LogP contribution < -0.4 is 21.7 Å². The Morgan fingerprint density at radius 3 is 1.70 bits per heavy atom. The van der Waals surface area contributed by atoms with Crippen LogP contribution in [-0.2, 0) is 20.2 Å². The van der Waals surface area contributed by atoms with Gasteiger partial charge < -0.3 is 26.8 Å². The van der Waals surface area contributed by atoms with Crippen molar-refractivity contribution in [3.05, 3.63) is 105 Å². The Morgan fingerprint density at radius 2 is 1.10 bits per heavy atom. The Labute approximate surface area is 372 Å². The van der Waals surface area contributed by atoms with Crippen LogP contribution in [0.5, 0.6) is 5.75 Å². The van der Waals surface area contributed by atoms with Gasteiger partial charge in [-0.1, -0.05) is 18.2 Å². The minimum atomic E-state index is -5.00. The van der Waals surface area contributed by atoms with Crippen LogP contribution in [0.25, 0.3) is 10.8 Å². The van der Waals surface area contributed by atoms with Gasteiger partial charge in [0.15, 0.2) is 5.75 Å². The number of aromatic nitrogens is 6. The van der Waals surface area contributed by atoms with Gasteiger partial charge in [0.1, 0.15) is 26.9 Å². The fourth-order valence-corrected chi connectivity index (χ4v) is 7.75. The topological polar surface area (TPSA) is 318 Å². The highest BCUT2D eigenvalue weighted by atomic mass is 35.5. The standard InChI is InChI=1S/C37H29Cl3N14O7S2/c1-16-5-4-6-20(11-16)42-36-48-34(40)49-37(50-36)44-21-8-7-17(2)23(14-21)51-54-30-26(63(59,60)61)13-19-12-18(3)29(31(55)27(19)28(30)41)53-52-24-15-22(9-10-25(24)62(56,57)58)43-35-46-32(38)45-33(39)47-35/h4-15,55H,41H2,1-3H3,(H,56,57,58)(H,59,60,61)(H,43,45,46,47)(H2,42,44,48,49,50). The highest BCUT2D eigenvalue weighted by molar-refractivity contribution is 7.86. The minimum absolute atomic E-state index is 0.0437. The normalized spacial score (nSPS) is 12.1. The zero-order valence-corrected chi connectivity index (χ0v) is 36.3. The molecule has 0 spiro atoms. The smallest absolute Gasteiger partial charge is 0.296 e. The number of phenolic OH excluding ortho intramolecular Hbond substituents is 1. The maximum atomic E-state index is 12.7. The minimum Gasteiger partial charge on any atom is -0.505 e. The number of nitrogens with two attached hydrogens (primary N) is 1. The van der Waals surface area contributed by atoms with Crippen LogP contribution in [0, 0.1) is 20.8 Å². The molecule has 0 aliphatic carbocycles. The van der Waals surface area contributed by atoms with E-state index in [9.17, 15) is 31.0 Å². The molecule has 0 saturated heterocycles. The van der Waals surface area contributed by atoms with E-state index >= 15 is 0 Å². The van der Waals surface area contributed by atoms with E-state index in [0.29, 0.717) is 11.3 Å². The van der Waals surface area contributed by atoms with E-state index in [2.05, 4.69) is 66.3 Å². The second-order valence-corrected chi connectivity index (χ2v) is 17.1. The van der Waals surface area contributed by atoms with Crippen molar-refractivity contribution in [2.45, 2.75) is 30.6 Å². The fraction of sp³-hybridized carbons (Fsp3) is 0.0811. The third-order valence-electron chi connectivity index (χ3n) is 8.75. The summed E-state index contributed by atoms with van der Waals surface area (Å²) in [4.78, 5) is 22.7. The average Bonchev–Trinajstić information content (AvgIpc) is 3.17. The zero-order valence-electron chi connectivity index (χ0n) is 32.4. The number of azo groups is 2. The first kappa shape index (κ1) is 44.3. The van der Waals surface area contributed by atoms with Crippen LogP contribution in [-0.4, -0.2) is 61.0 Å². The summed E-state index contributed by atoms with van der Waals surface area (Å²) < 4.78 is 70.2. The maximum Gasteiger partial charge on any atom is 0.296 e. The number of nitrogen functional groups attached to an aromatic ring is 1. The molecular formula is C37H29Cl3N14O7S2. The Kier molecular flexibility index (Phi) is 12.4. The number of nitrogens with zero attached hydrogens (tertiary/aromatic N) is 10. The molecule has 0 atom stereocenters. The SMILES string of the molecule is Cc1cccc(Nc2nc(Cl)nc(Nc3ccc(C)c(N=Nc4c(S(=O)(=O)O)cc5cc(C)c(N=Nc6cc(Nc7nc(Cl)nc(Cl)n7)ccc6S(=O)(=O)O)c(O)c5c4N)c3)n2)c1. The summed E-state index contributed by atoms with van der Waals surface area (Å²) in [5.74, 6) is -0.487. The van der Waals surface area contributed by atoms with Crippen LogP contribution in [0.3, 0.4) is 0 Å². The first-order valence-corrected chi connectivity index (χ1v) is 21.7. The second kappa shape index (κ2) is 17.6. The molecule has 0 bridgehead atoms. The molecule has 322 valence electrons. The van der Waals surface area contributed by atoms with Crippen molar-refractivity contribution >= 4 is 129 Å². The van der Waals surface area contributed by atoms with Gasteiger partial charge >= 0.3 is 0 Å². The molecule has 2 aromatic heterocycles. The number of hydrogen-bond acceptors (Lipinski definition) is 19. The summed E-state index contributed by atoms with van der Waals surface area (Å²) >= 11 is 17.9. The van der Waals surface area contributed by atoms with Crippen molar-refractivity contribution in [2.75, 3.05) is 21.7 Å². The van der Waals surface area contributed by atoms with Gasteiger partial charge in [-0.3, -0.25) is 9.11 Å². The third-order valence-corrected chi connectivity index (χ3v) is 11.0. The van der Waals surface area contributed by atoms with Gasteiger partial charge in [-0.2, -0.15) is 51.9 Å². The lowest BCUT2D eigenvalue weighted by Gasteiger charge is -2.14. The van der Waals surface area contributed by atoms with Crippen LogP contribution in [0.15, 0.2) is 103 Å². The molecule has 0 amide bonds. The lowest BCUT2D eigenvalue weighted by atomic mass is 10.0. The Morgan fingerprint density at radius 1 is 0.571 bits per heavy atom. The summed E-state index contributed by atoms with van der Waals surface area (Å²) in [6, 6.07) is 18.3. The van der Waals surface area contributed by atoms with E-state index in [1.54, 1.807) is 25.1 Å². The summed E-state index contributed by atoms with van der Waals surface area (Å²) in [7, 11) is -9.87. The van der Waals surface area contributed by atoms with Crippen LogP contribution in [0.4, 0.5) is 63.3 Å². The molecular weight excluding hydrogens is 923 g/mol. The predicted molar refractivity (Wildman–Crippen MR) is 236 cm³/mol. The fourth-order valence-electron chi connectivity index (χ4n) is 5.95. The second-order valence-electron chi connectivity index (χ2n) is 13.4. The molecule has 21 nitrogen and oxygen atoms in total.